The summed E-state index contributed by atoms with van der Waals surface area (Å²) >= 11 is 1.53. The van der Waals surface area contributed by atoms with Crippen LogP contribution < -0.4 is 10.2 Å². The van der Waals surface area contributed by atoms with Crippen molar-refractivity contribution in [3.8, 4) is 0 Å². The minimum absolute atomic E-state index is 0.0307. The van der Waals surface area contributed by atoms with Gasteiger partial charge in [-0.3, -0.25) is 4.79 Å². The van der Waals surface area contributed by atoms with Gasteiger partial charge in [0.15, 0.2) is 0 Å². The van der Waals surface area contributed by atoms with Crippen LogP contribution in [0.5, 0.6) is 0 Å². The van der Waals surface area contributed by atoms with E-state index in [1.165, 1.54) is 11.3 Å². The van der Waals surface area contributed by atoms with Crippen molar-refractivity contribution in [3.05, 3.63) is 65.3 Å². The van der Waals surface area contributed by atoms with E-state index in [-0.39, 0.29) is 18.0 Å². The lowest BCUT2D eigenvalue weighted by atomic mass is 9.89. The number of nitrogens with one attached hydrogen (secondary N) is 1. The van der Waals surface area contributed by atoms with E-state index in [2.05, 4.69) is 15.3 Å². The van der Waals surface area contributed by atoms with Crippen LogP contribution in [0.1, 0.15) is 41.7 Å². The van der Waals surface area contributed by atoms with E-state index < -0.39 is 11.9 Å². The normalized spacial score (nSPS) is 18.8. The third kappa shape index (κ3) is 4.44. The Balaban J connectivity index is 1.28. The highest BCUT2D eigenvalue weighted by Gasteiger charge is 2.34. The number of nitrogens with zero attached hydrogens (tertiary/aromatic N) is 3. The lowest BCUT2D eigenvalue weighted by Gasteiger charge is -2.37. The molecule has 2 heterocycles. The quantitative estimate of drug-likeness (QED) is 0.384. The maximum atomic E-state index is 13.5. The topological polar surface area (TPSA) is 58.1 Å². The van der Waals surface area contributed by atoms with E-state index in [1.54, 1.807) is 29.8 Å². The number of aromatic nitrogens is 2. The molecular weight excluding hydrogens is 461 g/mol. The molecule has 1 fully saturated rings. The van der Waals surface area contributed by atoms with Crippen LogP contribution in [0.25, 0.3) is 21.1 Å². The standard InChI is InChI=1S/C25H23F3N4OS/c1-32(21-13-23(25(26,27)28)31-19-5-3-2-4-18(19)21)17-9-7-16(8-10-17)30-24(33)15-6-11-22-20(12-15)29-14-34-22/h2-6,11-14,16-17H,7-10H2,1H3,(H,30,33). The van der Waals surface area contributed by atoms with Gasteiger partial charge < -0.3 is 10.2 Å². The number of hydrogen-bond donors (Lipinski definition) is 1. The van der Waals surface area contributed by atoms with Crippen molar-refractivity contribution in [1.29, 1.82) is 0 Å². The van der Waals surface area contributed by atoms with Gasteiger partial charge in [0.25, 0.3) is 5.91 Å². The summed E-state index contributed by atoms with van der Waals surface area (Å²) in [6.45, 7) is 0. The zero-order chi connectivity index (χ0) is 23.9. The predicted molar refractivity (Wildman–Crippen MR) is 128 cm³/mol. The van der Waals surface area contributed by atoms with Crippen molar-refractivity contribution in [2.24, 2.45) is 0 Å². The van der Waals surface area contributed by atoms with Gasteiger partial charge >= 0.3 is 6.18 Å². The molecule has 0 aliphatic heterocycles. The number of benzene rings is 2. The van der Waals surface area contributed by atoms with Gasteiger partial charge in [-0.1, -0.05) is 18.2 Å². The number of amides is 1. The Morgan fingerprint density at radius 1 is 1.06 bits per heavy atom. The number of anilines is 1. The number of thiazole rings is 1. The molecule has 2 aromatic heterocycles. The van der Waals surface area contributed by atoms with Gasteiger partial charge in [-0.15, -0.1) is 11.3 Å². The summed E-state index contributed by atoms with van der Waals surface area (Å²) in [4.78, 5) is 22.8. The molecule has 34 heavy (non-hydrogen) atoms. The minimum atomic E-state index is -4.51. The van der Waals surface area contributed by atoms with Crippen molar-refractivity contribution in [3.63, 3.8) is 0 Å². The van der Waals surface area contributed by atoms with Crippen molar-refractivity contribution in [2.75, 3.05) is 11.9 Å². The molecule has 0 unspecified atom stereocenters. The van der Waals surface area contributed by atoms with Crippen molar-refractivity contribution in [1.82, 2.24) is 15.3 Å². The Labute approximate surface area is 198 Å². The first-order chi connectivity index (χ1) is 16.3. The van der Waals surface area contributed by atoms with Gasteiger partial charge in [0.1, 0.15) is 5.69 Å². The van der Waals surface area contributed by atoms with Crippen LogP contribution in [0, 0.1) is 0 Å². The number of halogens is 3. The number of rotatable bonds is 4. The van der Waals surface area contributed by atoms with Crippen LogP contribution in [0.3, 0.4) is 0 Å². The third-order valence-corrected chi connectivity index (χ3v) is 7.35. The Kier molecular flexibility index (Phi) is 5.89. The summed E-state index contributed by atoms with van der Waals surface area (Å²) in [6.07, 6.45) is -1.46. The van der Waals surface area contributed by atoms with Crippen molar-refractivity contribution >= 4 is 44.1 Å². The maximum Gasteiger partial charge on any atom is 0.433 e. The number of fused-ring (bicyclic) bond motifs is 2. The average molecular weight is 485 g/mol. The summed E-state index contributed by atoms with van der Waals surface area (Å²) < 4.78 is 41.4. The third-order valence-electron chi connectivity index (χ3n) is 6.54. The van der Waals surface area contributed by atoms with Gasteiger partial charge in [-0.25, -0.2) is 9.97 Å². The fraction of sp³-hybridized carbons (Fsp3) is 0.320. The number of hydrogen-bond acceptors (Lipinski definition) is 5. The van der Waals surface area contributed by atoms with Crippen LogP contribution >= 0.6 is 11.3 Å². The van der Waals surface area contributed by atoms with Gasteiger partial charge in [0, 0.05) is 35.8 Å². The first-order valence-corrected chi connectivity index (χ1v) is 12.0. The summed E-state index contributed by atoms with van der Waals surface area (Å²) in [7, 11) is 1.84. The molecule has 5 nitrogen and oxygen atoms in total. The maximum absolute atomic E-state index is 13.5. The van der Waals surface area contributed by atoms with Gasteiger partial charge in [0.2, 0.25) is 0 Å². The van der Waals surface area contributed by atoms with Crippen LogP contribution in [-0.2, 0) is 6.18 Å². The highest BCUT2D eigenvalue weighted by molar-refractivity contribution is 7.16. The minimum Gasteiger partial charge on any atom is -0.371 e. The highest BCUT2D eigenvalue weighted by Crippen LogP contribution is 2.36. The van der Waals surface area contributed by atoms with E-state index in [4.69, 9.17) is 0 Å². The monoisotopic (exact) mass is 484 g/mol. The van der Waals surface area contributed by atoms with Gasteiger partial charge in [-0.05, 0) is 56.0 Å². The van der Waals surface area contributed by atoms with E-state index in [9.17, 15) is 18.0 Å². The lowest BCUT2D eigenvalue weighted by Crippen LogP contribution is -2.43. The summed E-state index contributed by atoms with van der Waals surface area (Å²) in [5.74, 6) is -0.123. The molecule has 4 aromatic rings. The molecule has 0 atom stereocenters. The summed E-state index contributed by atoms with van der Waals surface area (Å²) in [6, 6.07) is 13.7. The smallest absolute Gasteiger partial charge is 0.371 e. The second kappa shape index (κ2) is 8.87. The number of para-hydroxylation sites is 1. The van der Waals surface area contributed by atoms with Crippen molar-refractivity contribution in [2.45, 2.75) is 43.9 Å². The van der Waals surface area contributed by atoms with Crippen molar-refractivity contribution < 1.29 is 18.0 Å². The van der Waals surface area contributed by atoms with E-state index in [0.717, 1.165) is 42.0 Å². The molecule has 0 saturated heterocycles. The van der Waals surface area contributed by atoms with Crippen LogP contribution in [-0.4, -0.2) is 35.0 Å². The molecule has 5 rings (SSSR count). The molecule has 1 saturated carbocycles. The second-order valence-electron chi connectivity index (χ2n) is 8.67. The first kappa shape index (κ1) is 22.6. The average Bonchev–Trinajstić information content (AvgIpc) is 3.31. The first-order valence-electron chi connectivity index (χ1n) is 11.1. The Morgan fingerprint density at radius 3 is 2.59 bits per heavy atom. The second-order valence-corrected chi connectivity index (χ2v) is 9.55. The highest BCUT2D eigenvalue weighted by atomic mass is 32.1. The molecule has 2 aromatic carbocycles. The molecule has 1 N–H and O–H groups in total. The van der Waals surface area contributed by atoms with Gasteiger partial charge in [0.05, 0.1) is 21.2 Å². The van der Waals surface area contributed by atoms with Crippen LogP contribution in [0.4, 0.5) is 18.9 Å². The number of pyridine rings is 1. The SMILES string of the molecule is CN(c1cc(C(F)(F)F)nc2ccccc12)C1CCC(NC(=O)c2ccc3scnc3c2)CC1. The van der Waals surface area contributed by atoms with Crippen LogP contribution in [0.2, 0.25) is 0 Å². The van der Waals surface area contributed by atoms with E-state index >= 15 is 0 Å². The molecule has 0 spiro atoms. The number of carbonyl (C=O) groups excluding carboxylic acids is 1. The fourth-order valence-corrected chi connectivity index (χ4v) is 5.32. The number of alkyl halides is 3. The number of carbonyl (C=O) groups is 1. The molecule has 0 radical (unpaired) electrons. The Hall–Kier alpha value is -3.20. The van der Waals surface area contributed by atoms with Crippen LogP contribution in [0.15, 0.2) is 54.0 Å². The molecule has 9 heteroatoms. The Morgan fingerprint density at radius 2 is 1.82 bits per heavy atom. The molecule has 1 aliphatic carbocycles. The zero-order valence-corrected chi connectivity index (χ0v) is 19.3. The summed E-state index contributed by atoms with van der Waals surface area (Å²) in [5.41, 5.74) is 3.13. The Bertz CT molecular complexity index is 1350. The molecule has 176 valence electrons. The zero-order valence-electron chi connectivity index (χ0n) is 18.5. The summed E-state index contributed by atoms with van der Waals surface area (Å²) in [5, 5.41) is 3.81. The molecule has 1 amide bonds. The molecule has 1 aliphatic rings. The fourth-order valence-electron chi connectivity index (χ4n) is 4.67. The lowest BCUT2D eigenvalue weighted by molar-refractivity contribution is -0.140. The largest absolute Gasteiger partial charge is 0.433 e. The molecular formula is C25H23F3N4OS. The van der Waals surface area contributed by atoms with E-state index in [0.29, 0.717) is 22.2 Å². The van der Waals surface area contributed by atoms with E-state index in [1.807, 2.05) is 30.1 Å². The molecule has 0 bridgehead atoms. The predicted octanol–water partition coefficient (Wildman–Crippen LogP) is 6.04. The van der Waals surface area contributed by atoms with Gasteiger partial charge in [-0.2, -0.15) is 13.2 Å².